The zero-order valence-corrected chi connectivity index (χ0v) is 14.0. The van der Waals surface area contributed by atoms with Gasteiger partial charge < -0.3 is 14.3 Å². The average molecular weight is 318 g/mol. The number of aromatic amines is 1. The number of thiophene rings is 1. The van der Waals surface area contributed by atoms with E-state index >= 15 is 0 Å². The summed E-state index contributed by atoms with van der Waals surface area (Å²) in [6.07, 6.45) is 0. The largest absolute Gasteiger partial charge is 0.492 e. The van der Waals surface area contributed by atoms with Gasteiger partial charge in [-0.2, -0.15) is 0 Å². The smallest absolute Gasteiger partial charge is 0.178 e. The van der Waals surface area contributed by atoms with Crippen LogP contribution in [0.5, 0.6) is 5.75 Å². The topological polar surface area (TPSA) is 29.9 Å². The maximum absolute atomic E-state index is 5.67. The van der Waals surface area contributed by atoms with Crippen molar-refractivity contribution in [3.63, 3.8) is 0 Å². The van der Waals surface area contributed by atoms with Crippen molar-refractivity contribution < 1.29 is 4.74 Å². The van der Waals surface area contributed by atoms with Gasteiger partial charge in [-0.05, 0) is 56.8 Å². The Kier molecular flexibility index (Phi) is 3.87. The monoisotopic (exact) mass is 318 g/mol. The number of nitrogens with one attached hydrogen (secondary N) is 1. The summed E-state index contributed by atoms with van der Waals surface area (Å²) < 4.78 is 8.55. The van der Waals surface area contributed by atoms with Gasteiger partial charge in [0.1, 0.15) is 11.3 Å². The van der Waals surface area contributed by atoms with Crippen molar-refractivity contribution in [1.82, 2.24) is 9.55 Å². The lowest BCUT2D eigenvalue weighted by Gasteiger charge is -2.05. The molecule has 3 aromatic rings. The first-order valence-corrected chi connectivity index (χ1v) is 8.23. The number of para-hydroxylation sites is 1. The molecule has 0 radical (unpaired) electrons. The fourth-order valence-corrected chi connectivity index (χ4v) is 3.78. The van der Waals surface area contributed by atoms with Crippen molar-refractivity contribution >= 4 is 34.6 Å². The van der Waals surface area contributed by atoms with Crippen molar-refractivity contribution in [2.45, 2.75) is 27.3 Å². The number of rotatable bonds is 4. The van der Waals surface area contributed by atoms with Crippen LogP contribution in [0.3, 0.4) is 0 Å². The van der Waals surface area contributed by atoms with E-state index in [4.69, 9.17) is 17.0 Å². The lowest BCUT2D eigenvalue weighted by molar-refractivity contribution is 0.343. The summed E-state index contributed by atoms with van der Waals surface area (Å²) in [5, 5.41) is 0. The highest BCUT2D eigenvalue weighted by Crippen LogP contribution is 2.27. The lowest BCUT2D eigenvalue weighted by atomic mass is 10.2. The van der Waals surface area contributed by atoms with Gasteiger partial charge in [-0.15, -0.1) is 11.3 Å². The zero-order valence-electron chi connectivity index (χ0n) is 12.4. The molecule has 1 N–H and O–H groups in total. The van der Waals surface area contributed by atoms with Gasteiger partial charge >= 0.3 is 0 Å². The Labute approximate surface area is 133 Å². The Morgan fingerprint density at radius 1 is 1.33 bits per heavy atom. The second-order valence-corrected chi connectivity index (χ2v) is 6.78. The number of hydrogen-bond donors (Lipinski definition) is 1. The van der Waals surface area contributed by atoms with Gasteiger partial charge in [-0.25, -0.2) is 0 Å². The number of fused-ring (bicyclic) bond motifs is 1. The maximum Gasteiger partial charge on any atom is 0.178 e. The van der Waals surface area contributed by atoms with Crippen LogP contribution in [0.1, 0.15) is 22.2 Å². The predicted molar refractivity (Wildman–Crippen MR) is 91.2 cm³/mol. The minimum absolute atomic E-state index is 0.647. The minimum atomic E-state index is 0.647. The Morgan fingerprint density at radius 3 is 2.81 bits per heavy atom. The fraction of sp³-hybridized carbons (Fsp3) is 0.312. The Bertz CT molecular complexity index is 822. The molecule has 0 aliphatic carbocycles. The predicted octanol–water partition coefficient (Wildman–Crippen LogP) is 4.82. The van der Waals surface area contributed by atoms with Crippen molar-refractivity contribution in [2.75, 3.05) is 6.61 Å². The van der Waals surface area contributed by atoms with Crippen LogP contribution in [0.15, 0.2) is 24.3 Å². The number of ether oxygens (including phenoxy) is 1. The zero-order chi connectivity index (χ0) is 15.0. The highest BCUT2D eigenvalue weighted by Gasteiger charge is 2.11. The first-order valence-electron chi connectivity index (χ1n) is 7.00. The molecule has 0 atom stereocenters. The minimum Gasteiger partial charge on any atom is -0.492 e. The summed E-state index contributed by atoms with van der Waals surface area (Å²) in [5.74, 6) is 0.860. The van der Waals surface area contributed by atoms with Gasteiger partial charge in [-0.1, -0.05) is 6.07 Å². The summed E-state index contributed by atoms with van der Waals surface area (Å²) in [6.45, 7) is 7.74. The molecule has 1 aromatic carbocycles. The van der Waals surface area contributed by atoms with E-state index in [2.05, 4.69) is 35.5 Å². The third kappa shape index (κ3) is 2.63. The van der Waals surface area contributed by atoms with E-state index in [0.29, 0.717) is 6.61 Å². The Morgan fingerprint density at radius 2 is 2.14 bits per heavy atom. The summed E-state index contributed by atoms with van der Waals surface area (Å²) >= 11 is 7.32. The number of imidazole rings is 1. The number of H-pyrrole nitrogens is 1. The molecule has 3 rings (SSSR count). The van der Waals surface area contributed by atoms with Crippen LogP contribution in [0.4, 0.5) is 0 Å². The average Bonchev–Trinajstić information content (AvgIpc) is 2.93. The van der Waals surface area contributed by atoms with Crippen molar-refractivity contribution in [3.8, 4) is 5.75 Å². The molecular weight excluding hydrogens is 300 g/mol. The molecule has 0 fully saturated rings. The van der Waals surface area contributed by atoms with Crippen LogP contribution in [-0.4, -0.2) is 16.2 Å². The number of benzene rings is 1. The molecule has 0 unspecified atom stereocenters. The van der Waals surface area contributed by atoms with Crippen molar-refractivity contribution in [2.24, 2.45) is 0 Å². The molecule has 0 saturated carbocycles. The molecule has 0 aliphatic heterocycles. The van der Waals surface area contributed by atoms with Gasteiger partial charge in [0.25, 0.3) is 0 Å². The standard InChI is InChI=1S/C16H18N2OS2/c1-4-19-14-7-5-6-13-15(14)17-16(20)18(13)9-12-8-10(2)11(3)21-12/h5-8H,4,9H2,1-3H3,(H,17,20). The number of aryl methyl sites for hydroxylation is 2. The van der Waals surface area contributed by atoms with Crippen molar-refractivity contribution in [3.05, 3.63) is 44.4 Å². The van der Waals surface area contributed by atoms with E-state index in [0.717, 1.165) is 28.1 Å². The molecular formula is C16H18N2OS2. The number of aromatic nitrogens is 2. The van der Waals surface area contributed by atoms with Crippen LogP contribution < -0.4 is 4.74 Å². The van der Waals surface area contributed by atoms with Crippen LogP contribution in [0, 0.1) is 18.6 Å². The summed E-state index contributed by atoms with van der Waals surface area (Å²) in [6, 6.07) is 8.31. The van der Waals surface area contributed by atoms with Crippen LogP contribution in [0.25, 0.3) is 11.0 Å². The Balaban J connectivity index is 2.08. The van der Waals surface area contributed by atoms with Crippen LogP contribution >= 0.6 is 23.6 Å². The van der Waals surface area contributed by atoms with E-state index < -0.39 is 0 Å². The molecule has 0 aliphatic rings. The van der Waals surface area contributed by atoms with Gasteiger partial charge in [-0.3, -0.25) is 0 Å². The first-order chi connectivity index (χ1) is 10.1. The molecule has 3 nitrogen and oxygen atoms in total. The second kappa shape index (κ2) is 5.66. The normalized spacial score (nSPS) is 11.2. The van der Waals surface area contributed by atoms with Gasteiger partial charge in [0.2, 0.25) is 0 Å². The molecule has 2 heterocycles. The quantitative estimate of drug-likeness (QED) is 0.699. The maximum atomic E-state index is 5.67. The summed E-state index contributed by atoms with van der Waals surface area (Å²) in [5.41, 5.74) is 3.42. The number of nitrogens with zero attached hydrogens (tertiary/aromatic N) is 1. The first kappa shape index (κ1) is 14.4. The molecule has 21 heavy (non-hydrogen) atoms. The van der Waals surface area contributed by atoms with E-state index in [1.807, 2.05) is 30.4 Å². The number of hydrogen-bond acceptors (Lipinski definition) is 3. The highest BCUT2D eigenvalue weighted by atomic mass is 32.1. The van der Waals surface area contributed by atoms with Gasteiger partial charge in [0.05, 0.1) is 18.7 Å². The Hall–Kier alpha value is -1.59. The molecule has 110 valence electrons. The van der Waals surface area contributed by atoms with Crippen molar-refractivity contribution in [1.29, 1.82) is 0 Å². The lowest BCUT2D eigenvalue weighted by Crippen LogP contribution is -1.98. The van der Waals surface area contributed by atoms with Gasteiger partial charge in [0, 0.05) is 9.75 Å². The van der Waals surface area contributed by atoms with E-state index in [1.54, 1.807) is 0 Å². The second-order valence-electron chi connectivity index (χ2n) is 5.05. The van der Waals surface area contributed by atoms with Crippen LogP contribution in [-0.2, 0) is 6.54 Å². The molecule has 2 aromatic heterocycles. The SMILES string of the molecule is CCOc1cccc2c1[nH]c(=S)n2Cc1cc(C)c(C)s1. The van der Waals surface area contributed by atoms with E-state index in [1.165, 1.54) is 15.3 Å². The third-order valence-electron chi connectivity index (χ3n) is 3.60. The highest BCUT2D eigenvalue weighted by molar-refractivity contribution is 7.71. The van der Waals surface area contributed by atoms with Gasteiger partial charge in [0.15, 0.2) is 4.77 Å². The molecule has 0 spiro atoms. The fourth-order valence-electron chi connectivity index (χ4n) is 2.47. The molecule has 0 bridgehead atoms. The van der Waals surface area contributed by atoms with Crippen LogP contribution in [0.2, 0.25) is 0 Å². The molecule has 0 amide bonds. The molecule has 5 heteroatoms. The molecule has 0 saturated heterocycles. The summed E-state index contributed by atoms with van der Waals surface area (Å²) in [7, 11) is 0. The van der Waals surface area contributed by atoms with E-state index in [-0.39, 0.29) is 0 Å². The third-order valence-corrected chi connectivity index (χ3v) is 5.06. The summed E-state index contributed by atoms with van der Waals surface area (Å²) in [4.78, 5) is 5.97. The van der Waals surface area contributed by atoms with E-state index in [9.17, 15) is 0 Å².